The van der Waals surface area contributed by atoms with E-state index in [0.29, 0.717) is 19.1 Å². The molecule has 0 saturated carbocycles. The molecule has 1 unspecified atom stereocenters. The molecule has 0 aromatic heterocycles. The van der Waals surface area contributed by atoms with Gasteiger partial charge < -0.3 is 24.6 Å². The maximum atomic E-state index is 12.0. The standard InChI is InChI=1S/C21H34N4O3.HI/c1-24(2)20(26)15-23-21(22-11-9-18-7-5-4-6-8-18)25-12-10-19(16-25)17-28-14-13-27-3;/h4-8,19H,9-17H2,1-3H3,(H,22,23);1H. The zero-order valence-electron chi connectivity index (χ0n) is 17.8. The second-order valence-electron chi connectivity index (χ2n) is 7.26. The summed E-state index contributed by atoms with van der Waals surface area (Å²) < 4.78 is 10.7. The van der Waals surface area contributed by atoms with Crippen LogP contribution in [0.25, 0.3) is 0 Å². The van der Waals surface area contributed by atoms with Crippen molar-refractivity contribution in [1.82, 2.24) is 15.1 Å². The number of carbonyl (C=O) groups is 1. The molecular formula is C21H35IN4O3. The summed E-state index contributed by atoms with van der Waals surface area (Å²) in [4.78, 5) is 20.4. The molecule has 2 rings (SSSR count). The Hall–Kier alpha value is -1.39. The average Bonchev–Trinajstić information content (AvgIpc) is 3.17. The van der Waals surface area contributed by atoms with Gasteiger partial charge in [0.15, 0.2) is 5.96 Å². The number of likely N-dealkylation sites (tertiary alicyclic amines) is 1. The molecule has 1 N–H and O–H groups in total. The first-order chi connectivity index (χ1) is 13.6. The van der Waals surface area contributed by atoms with Gasteiger partial charge in [-0.1, -0.05) is 30.3 Å². The Morgan fingerprint density at radius 2 is 2.03 bits per heavy atom. The van der Waals surface area contributed by atoms with E-state index in [2.05, 4.69) is 39.5 Å². The maximum absolute atomic E-state index is 12.0. The summed E-state index contributed by atoms with van der Waals surface area (Å²) in [7, 11) is 5.19. The number of likely N-dealkylation sites (N-methyl/N-ethyl adjacent to an activating group) is 1. The number of aliphatic imine (C=N–C) groups is 1. The van der Waals surface area contributed by atoms with Crippen molar-refractivity contribution in [2.24, 2.45) is 10.9 Å². The van der Waals surface area contributed by atoms with Gasteiger partial charge in [-0.15, -0.1) is 24.0 Å². The molecule has 1 aliphatic heterocycles. The van der Waals surface area contributed by atoms with Crippen molar-refractivity contribution >= 4 is 35.8 Å². The molecular weight excluding hydrogens is 483 g/mol. The minimum atomic E-state index is 0. The van der Waals surface area contributed by atoms with Crippen LogP contribution in [0.4, 0.5) is 0 Å². The van der Waals surface area contributed by atoms with Crippen molar-refractivity contribution in [3.8, 4) is 0 Å². The Morgan fingerprint density at radius 1 is 1.28 bits per heavy atom. The van der Waals surface area contributed by atoms with Gasteiger partial charge in [-0.2, -0.15) is 0 Å². The first-order valence-electron chi connectivity index (χ1n) is 9.94. The number of hydrogen-bond acceptors (Lipinski definition) is 4. The van der Waals surface area contributed by atoms with Gasteiger partial charge in [0.05, 0.1) is 19.8 Å². The van der Waals surface area contributed by atoms with Gasteiger partial charge >= 0.3 is 0 Å². The van der Waals surface area contributed by atoms with E-state index in [4.69, 9.17) is 9.47 Å². The highest BCUT2D eigenvalue weighted by Crippen LogP contribution is 2.16. The first-order valence-corrected chi connectivity index (χ1v) is 9.94. The lowest BCUT2D eigenvalue weighted by molar-refractivity contribution is -0.127. The minimum absolute atomic E-state index is 0. The van der Waals surface area contributed by atoms with Gasteiger partial charge in [-0.3, -0.25) is 4.79 Å². The molecule has 29 heavy (non-hydrogen) atoms. The van der Waals surface area contributed by atoms with E-state index in [0.717, 1.165) is 45.0 Å². The van der Waals surface area contributed by atoms with E-state index >= 15 is 0 Å². The van der Waals surface area contributed by atoms with Crippen LogP contribution in [0, 0.1) is 5.92 Å². The highest BCUT2D eigenvalue weighted by molar-refractivity contribution is 14.0. The van der Waals surface area contributed by atoms with Gasteiger partial charge in [-0.05, 0) is 18.4 Å². The number of nitrogens with one attached hydrogen (secondary N) is 1. The van der Waals surface area contributed by atoms with E-state index in [1.54, 1.807) is 26.1 Å². The van der Waals surface area contributed by atoms with Crippen LogP contribution < -0.4 is 5.32 Å². The summed E-state index contributed by atoms with van der Waals surface area (Å²) in [6, 6.07) is 10.4. The lowest BCUT2D eigenvalue weighted by Crippen LogP contribution is -2.42. The van der Waals surface area contributed by atoms with Gasteiger partial charge in [0.1, 0.15) is 6.54 Å². The second-order valence-corrected chi connectivity index (χ2v) is 7.26. The lowest BCUT2D eigenvalue weighted by atomic mass is 10.1. The minimum Gasteiger partial charge on any atom is -0.382 e. The van der Waals surface area contributed by atoms with E-state index in [1.807, 2.05) is 6.07 Å². The average molecular weight is 518 g/mol. The molecule has 0 spiro atoms. The zero-order valence-corrected chi connectivity index (χ0v) is 20.1. The summed E-state index contributed by atoms with van der Waals surface area (Å²) in [5.74, 6) is 1.29. The van der Waals surface area contributed by atoms with Crippen molar-refractivity contribution in [3.05, 3.63) is 35.9 Å². The number of ether oxygens (including phenoxy) is 2. The molecule has 1 heterocycles. The Balaban J connectivity index is 0.00000420. The highest BCUT2D eigenvalue weighted by atomic mass is 127. The third kappa shape index (κ3) is 9.77. The molecule has 7 nitrogen and oxygen atoms in total. The maximum Gasteiger partial charge on any atom is 0.243 e. The van der Waals surface area contributed by atoms with Gasteiger partial charge in [0.25, 0.3) is 0 Å². The number of nitrogens with zero attached hydrogens (tertiary/aromatic N) is 3. The number of hydrogen-bond donors (Lipinski definition) is 1. The van der Waals surface area contributed by atoms with Crippen molar-refractivity contribution < 1.29 is 14.3 Å². The molecule has 1 atom stereocenters. The molecule has 1 aliphatic rings. The van der Waals surface area contributed by atoms with Gasteiger partial charge in [-0.25, -0.2) is 4.99 Å². The van der Waals surface area contributed by atoms with Crippen molar-refractivity contribution in [3.63, 3.8) is 0 Å². The van der Waals surface area contributed by atoms with Crippen LogP contribution in [0.3, 0.4) is 0 Å². The van der Waals surface area contributed by atoms with Gasteiger partial charge in [0, 0.05) is 46.8 Å². The quantitative estimate of drug-likeness (QED) is 0.222. The largest absolute Gasteiger partial charge is 0.382 e. The van der Waals surface area contributed by atoms with E-state index < -0.39 is 0 Å². The molecule has 1 fully saturated rings. The van der Waals surface area contributed by atoms with Crippen LogP contribution >= 0.6 is 24.0 Å². The summed E-state index contributed by atoms with van der Waals surface area (Å²) >= 11 is 0. The fourth-order valence-corrected chi connectivity index (χ4v) is 3.07. The number of carbonyl (C=O) groups excluding carboxylic acids is 1. The van der Waals surface area contributed by atoms with Crippen LogP contribution in [0.5, 0.6) is 0 Å². The molecule has 1 saturated heterocycles. The Kier molecular flexibility index (Phi) is 12.9. The fraction of sp³-hybridized carbons (Fsp3) is 0.619. The SMILES string of the molecule is COCCOCC1CCN(C(=NCC(=O)N(C)C)NCCc2ccccc2)C1.I. The van der Waals surface area contributed by atoms with E-state index in [-0.39, 0.29) is 36.4 Å². The third-order valence-electron chi connectivity index (χ3n) is 4.77. The molecule has 0 radical (unpaired) electrons. The van der Waals surface area contributed by atoms with Crippen molar-refractivity contribution in [1.29, 1.82) is 0 Å². The van der Waals surface area contributed by atoms with E-state index in [1.165, 1.54) is 5.56 Å². The van der Waals surface area contributed by atoms with Crippen LogP contribution in [0.1, 0.15) is 12.0 Å². The van der Waals surface area contributed by atoms with Crippen LogP contribution in [0.15, 0.2) is 35.3 Å². The lowest BCUT2D eigenvalue weighted by Gasteiger charge is -2.22. The van der Waals surface area contributed by atoms with Crippen molar-refractivity contribution in [2.75, 3.05) is 67.2 Å². The normalized spacial score (nSPS) is 16.4. The molecule has 8 heteroatoms. The Labute approximate surface area is 191 Å². The Bertz CT molecular complexity index is 613. The molecule has 0 bridgehead atoms. The first kappa shape index (κ1) is 25.6. The van der Waals surface area contributed by atoms with Crippen molar-refractivity contribution in [2.45, 2.75) is 12.8 Å². The number of benzene rings is 1. The third-order valence-corrected chi connectivity index (χ3v) is 4.77. The monoisotopic (exact) mass is 518 g/mol. The molecule has 1 aromatic rings. The highest BCUT2D eigenvalue weighted by Gasteiger charge is 2.25. The van der Waals surface area contributed by atoms with Crippen LogP contribution in [-0.2, 0) is 20.7 Å². The van der Waals surface area contributed by atoms with Gasteiger partial charge in [0.2, 0.25) is 5.91 Å². The predicted molar refractivity (Wildman–Crippen MR) is 127 cm³/mol. The molecule has 0 aliphatic carbocycles. The number of halogens is 1. The number of amides is 1. The topological polar surface area (TPSA) is 66.4 Å². The summed E-state index contributed by atoms with van der Waals surface area (Å²) in [6.07, 6.45) is 1.98. The summed E-state index contributed by atoms with van der Waals surface area (Å²) in [5, 5.41) is 3.45. The predicted octanol–water partition coefficient (Wildman–Crippen LogP) is 1.87. The molecule has 1 aromatic carbocycles. The van der Waals surface area contributed by atoms with E-state index in [9.17, 15) is 4.79 Å². The van der Waals surface area contributed by atoms with Crippen LogP contribution in [0.2, 0.25) is 0 Å². The summed E-state index contributed by atoms with van der Waals surface area (Å²) in [5.41, 5.74) is 1.28. The number of rotatable bonds is 10. The Morgan fingerprint density at radius 3 is 2.72 bits per heavy atom. The second kappa shape index (κ2) is 14.6. The number of methoxy groups -OCH3 is 1. The smallest absolute Gasteiger partial charge is 0.243 e. The number of guanidine groups is 1. The van der Waals surface area contributed by atoms with Crippen LogP contribution in [-0.4, -0.2) is 88.9 Å². The summed E-state index contributed by atoms with van der Waals surface area (Å²) in [6.45, 7) is 4.73. The fourth-order valence-electron chi connectivity index (χ4n) is 3.07. The molecule has 1 amide bonds. The molecule has 164 valence electrons. The zero-order chi connectivity index (χ0) is 20.2.